The molecule has 4 heterocycles. The van der Waals surface area contributed by atoms with E-state index in [1.165, 1.54) is 12.3 Å². The second-order valence-corrected chi connectivity index (χ2v) is 6.34. The number of carbonyl (C=O) groups excluding carboxylic acids is 1. The van der Waals surface area contributed by atoms with E-state index in [-0.39, 0.29) is 28.2 Å². The number of carbonyl (C=O) groups is 1. The van der Waals surface area contributed by atoms with E-state index in [1.54, 1.807) is 0 Å². The number of nitrogens with zero attached hydrogens (tertiary/aromatic N) is 4. The van der Waals surface area contributed by atoms with Gasteiger partial charge in [0.2, 0.25) is 12.3 Å². The lowest BCUT2D eigenvalue weighted by Crippen LogP contribution is -2.41. The van der Waals surface area contributed by atoms with Crippen molar-refractivity contribution >= 4 is 23.4 Å². The largest absolute Gasteiger partial charge is 0.448 e. The number of amides is 1. The van der Waals surface area contributed by atoms with Crippen molar-refractivity contribution in [2.45, 2.75) is 18.4 Å². The van der Waals surface area contributed by atoms with Crippen LogP contribution in [0.3, 0.4) is 0 Å². The number of allylic oxidation sites excluding steroid dienone is 1. The number of hydrogen-bond donors (Lipinski definition) is 1. The zero-order chi connectivity index (χ0) is 21.0. The van der Waals surface area contributed by atoms with E-state index in [0.29, 0.717) is 10.8 Å². The second-order valence-electron chi connectivity index (χ2n) is 6.34. The molecule has 1 unspecified atom stereocenters. The van der Waals surface area contributed by atoms with E-state index in [9.17, 15) is 31.1 Å². The van der Waals surface area contributed by atoms with Crippen molar-refractivity contribution in [3.63, 3.8) is 0 Å². The Kier molecular flexibility index (Phi) is 4.17. The van der Waals surface area contributed by atoms with Crippen LogP contribution in [0.2, 0.25) is 0 Å². The molecule has 1 amide bonds. The van der Waals surface area contributed by atoms with Gasteiger partial charge in [-0.05, 0) is 12.1 Å². The normalized spacial score (nSPS) is 19.2. The van der Waals surface area contributed by atoms with Crippen molar-refractivity contribution in [3.05, 3.63) is 53.1 Å². The lowest BCUT2D eigenvalue weighted by atomic mass is 9.95. The number of dihydropyridines is 1. The van der Waals surface area contributed by atoms with Crippen LogP contribution in [0.4, 0.5) is 26.3 Å². The number of aliphatic imine (C=N–C) groups is 1. The van der Waals surface area contributed by atoms with Crippen molar-refractivity contribution in [1.29, 1.82) is 0 Å². The topological polar surface area (TPSA) is 74.0 Å². The summed E-state index contributed by atoms with van der Waals surface area (Å²) in [6.07, 6.45) is -4.94. The molecule has 0 aromatic carbocycles. The van der Waals surface area contributed by atoms with Crippen LogP contribution in [0.15, 0.2) is 35.6 Å². The molecule has 29 heavy (non-hydrogen) atoms. The fourth-order valence-corrected chi connectivity index (χ4v) is 3.11. The van der Waals surface area contributed by atoms with Gasteiger partial charge in [0.05, 0.1) is 23.1 Å². The average molecular weight is 414 g/mol. The van der Waals surface area contributed by atoms with Gasteiger partial charge in [0, 0.05) is 24.1 Å². The van der Waals surface area contributed by atoms with E-state index in [0.717, 1.165) is 18.3 Å². The molecular formula is C17H10F6N5O+. The van der Waals surface area contributed by atoms with Crippen molar-refractivity contribution in [1.82, 2.24) is 15.2 Å². The number of aromatic amines is 1. The standard InChI is InChI=1S/C17H9F6N5O/c18-16(19,20)7-28-12-3-8(11-2-1-9(5-24-11)17(21,22)23)4-25-14(12)13-10(15(28)29)6-26-27-13/h1-6,14H,7H2/p+1. The molecule has 0 radical (unpaired) electrons. The van der Waals surface area contributed by atoms with Crippen LogP contribution in [-0.2, 0) is 6.18 Å². The molecule has 0 saturated heterocycles. The first-order valence-corrected chi connectivity index (χ1v) is 8.12. The summed E-state index contributed by atoms with van der Waals surface area (Å²) < 4.78 is 77.8. The molecule has 1 N–H and O–H groups in total. The monoisotopic (exact) mass is 414 g/mol. The summed E-state index contributed by atoms with van der Waals surface area (Å²) in [4.78, 5) is 20.4. The van der Waals surface area contributed by atoms with Gasteiger partial charge in [-0.25, -0.2) is 4.79 Å². The second kappa shape index (κ2) is 6.36. The number of halogens is 6. The Morgan fingerprint density at radius 2 is 1.86 bits per heavy atom. The predicted octanol–water partition coefficient (Wildman–Crippen LogP) is 3.20. The minimum absolute atomic E-state index is 0.0235. The van der Waals surface area contributed by atoms with Crippen LogP contribution in [0.25, 0.3) is 5.57 Å². The molecule has 2 aromatic rings. The van der Waals surface area contributed by atoms with Gasteiger partial charge in [0.1, 0.15) is 5.56 Å². The maximum atomic E-state index is 13.0. The summed E-state index contributed by atoms with van der Waals surface area (Å²) in [5.41, 5.74) is -0.563. The van der Waals surface area contributed by atoms with E-state index in [2.05, 4.69) is 20.2 Å². The smallest absolute Gasteiger partial charge is 0.279 e. The fraction of sp³-hybridized carbons (Fsp3) is 0.235. The number of alkyl halides is 6. The molecule has 0 fully saturated rings. The summed E-state index contributed by atoms with van der Waals surface area (Å²) in [7, 11) is 0. The number of rotatable bonds is 2. The van der Waals surface area contributed by atoms with Gasteiger partial charge in [-0.15, -0.1) is 4.58 Å². The molecule has 0 saturated carbocycles. The molecule has 1 atom stereocenters. The number of fused-ring (bicyclic) bond motifs is 3. The molecule has 2 aliphatic rings. The SMILES string of the molecule is O=C1c2cn[nH]c2C2N=CC(c3ccc(C(F)(F)F)cn3)=CC2=[N+]1CC(F)(F)F. The van der Waals surface area contributed by atoms with E-state index in [1.807, 2.05) is 0 Å². The van der Waals surface area contributed by atoms with Gasteiger partial charge in [0.15, 0.2) is 6.04 Å². The predicted molar refractivity (Wildman–Crippen MR) is 87.6 cm³/mol. The highest BCUT2D eigenvalue weighted by molar-refractivity contribution is 6.21. The maximum absolute atomic E-state index is 13.0. The Labute approximate surface area is 158 Å². The van der Waals surface area contributed by atoms with Crippen LogP contribution in [-0.4, -0.2) is 50.3 Å². The summed E-state index contributed by atoms with van der Waals surface area (Å²) in [6, 6.07) is 0.966. The van der Waals surface area contributed by atoms with Crippen molar-refractivity contribution < 1.29 is 35.7 Å². The highest BCUT2D eigenvalue weighted by Gasteiger charge is 2.47. The summed E-state index contributed by atoms with van der Waals surface area (Å²) in [5.74, 6) is -0.898. The Morgan fingerprint density at radius 3 is 2.48 bits per heavy atom. The van der Waals surface area contributed by atoms with E-state index < -0.39 is 36.4 Å². The van der Waals surface area contributed by atoms with Gasteiger partial charge in [-0.1, -0.05) is 0 Å². The van der Waals surface area contributed by atoms with E-state index in [4.69, 9.17) is 0 Å². The lowest BCUT2D eigenvalue weighted by Gasteiger charge is -2.21. The number of hydrogen-bond acceptors (Lipinski definition) is 4. The van der Waals surface area contributed by atoms with Gasteiger partial charge >= 0.3 is 18.3 Å². The third-order valence-electron chi connectivity index (χ3n) is 4.40. The van der Waals surface area contributed by atoms with Crippen LogP contribution in [0, 0.1) is 0 Å². The van der Waals surface area contributed by atoms with Crippen LogP contribution in [0.5, 0.6) is 0 Å². The summed E-state index contributed by atoms with van der Waals surface area (Å²) in [6.45, 7) is -1.54. The summed E-state index contributed by atoms with van der Waals surface area (Å²) in [5, 5.41) is 6.27. The number of nitrogens with one attached hydrogen (secondary N) is 1. The summed E-state index contributed by atoms with van der Waals surface area (Å²) >= 11 is 0. The van der Waals surface area contributed by atoms with Gasteiger partial charge in [-0.2, -0.15) is 31.4 Å². The first-order chi connectivity index (χ1) is 13.5. The third kappa shape index (κ3) is 3.45. The molecule has 2 aromatic heterocycles. The van der Waals surface area contributed by atoms with Crippen LogP contribution in [0.1, 0.15) is 33.4 Å². The molecule has 150 valence electrons. The van der Waals surface area contributed by atoms with Crippen molar-refractivity contribution in [2.24, 2.45) is 4.99 Å². The maximum Gasteiger partial charge on any atom is 0.448 e. The van der Waals surface area contributed by atoms with Crippen LogP contribution < -0.4 is 0 Å². The van der Waals surface area contributed by atoms with Gasteiger partial charge in [-0.3, -0.25) is 15.1 Å². The Bertz CT molecular complexity index is 1070. The quantitative estimate of drug-likeness (QED) is 0.606. The minimum atomic E-state index is -4.67. The third-order valence-corrected chi connectivity index (χ3v) is 4.40. The Balaban J connectivity index is 1.79. The molecule has 6 nitrogen and oxygen atoms in total. The van der Waals surface area contributed by atoms with Crippen LogP contribution >= 0.6 is 0 Å². The highest BCUT2D eigenvalue weighted by Crippen LogP contribution is 2.33. The van der Waals surface area contributed by atoms with Gasteiger partial charge < -0.3 is 0 Å². The Hall–Kier alpha value is -3.31. The van der Waals surface area contributed by atoms with E-state index >= 15 is 0 Å². The molecule has 2 aliphatic heterocycles. The van der Waals surface area contributed by atoms with Crippen molar-refractivity contribution in [3.8, 4) is 0 Å². The Morgan fingerprint density at radius 1 is 1.10 bits per heavy atom. The first-order valence-electron chi connectivity index (χ1n) is 8.12. The molecular weight excluding hydrogens is 404 g/mol. The number of pyridine rings is 1. The average Bonchev–Trinajstić information content (AvgIpc) is 3.13. The fourth-order valence-electron chi connectivity index (χ4n) is 3.11. The molecule has 12 heteroatoms. The molecule has 0 bridgehead atoms. The number of H-pyrrole nitrogens is 1. The first kappa shape index (κ1) is 19.0. The molecule has 0 aliphatic carbocycles. The number of aromatic nitrogens is 3. The highest BCUT2D eigenvalue weighted by atomic mass is 19.4. The van der Waals surface area contributed by atoms with Crippen molar-refractivity contribution in [2.75, 3.05) is 6.54 Å². The molecule has 0 spiro atoms. The molecule has 4 rings (SSSR count). The zero-order valence-electron chi connectivity index (χ0n) is 14.2. The zero-order valence-corrected chi connectivity index (χ0v) is 14.2. The van der Waals surface area contributed by atoms with Gasteiger partial charge in [0.25, 0.3) is 0 Å². The lowest BCUT2D eigenvalue weighted by molar-refractivity contribution is -0.474. The minimum Gasteiger partial charge on any atom is -0.279 e.